The van der Waals surface area contributed by atoms with Crippen molar-refractivity contribution < 1.29 is 14.4 Å². The molecule has 1 atom stereocenters. The molecule has 6 nitrogen and oxygen atoms in total. The lowest BCUT2D eigenvalue weighted by atomic mass is 10.0. The van der Waals surface area contributed by atoms with Gasteiger partial charge in [-0.3, -0.25) is 5.32 Å². The molecular formula is C11H19N3O3. The average Bonchev–Trinajstić information content (AvgIpc) is 2.62. The standard InChI is InChI=1S/C11H19N3O3/c1-7(2)4-9(6-15)12-11(16)13-10-5-8(3)14-17-10/h5,7,9,15H,4,6H2,1-3H3,(H2,12,13,16)/t9-/m0/s1. The van der Waals surface area contributed by atoms with E-state index in [-0.39, 0.29) is 12.6 Å². The van der Waals surface area contributed by atoms with E-state index in [0.29, 0.717) is 17.5 Å². The second-order valence-electron chi connectivity index (χ2n) is 4.44. The summed E-state index contributed by atoms with van der Waals surface area (Å²) in [7, 11) is 0. The van der Waals surface area contributed by atoms with Gasteiger partial charge < -0.3 is 14.9 Å². The number of carbonyl (C=O) groups excluding carboxylic acids is 1. The first-order valence-corrected chi connectivity index (χ1v) is 5.63. The molecule has 0 bridgehead atoms. The molecule has 0 saturated carbocycles. The maximum atomic E-state index is 11.6. The monoisotopic (exact) mass is 241 g/mol. The number of aliphatic hydroxyl groups excluding tert-OH is 1. The van der Waals surface area contributed by atoms with Crippen LogP contribution in [0.4, 0.5) is 10.7 Å². The van der Waals surface area contributed by atoms with Gasteiger partial charge in [-0.15, -0.1) is 0 Å². The smallest absolute Gasteiger partial charge is 0.321 e. The van der Waals surface area contributed by atoms with Crippen LogP contribution in [0.5, 0.6) is 0 Å². The van der Waals surface area contributed by atoms with E-state index >= 15 is 0 Å². The number of urea groups is 1. The normalized spacial score (nSPS) is 12.5. The molecule has 0 aliphatic heterocycles. The van der Waals surface area contributed by atoms with Crippen LogP contribution in [-0.2, 0) is 0 Å². The van der Waals surface area contributed by atoms with Gasteiger partial charge >= 0.3 is 6.03 Å². The first-order valence-electron chi connectivity index (χ1n) is 5.63. The highest BCUT2D eigenvalue weighted by Crippen LogP contribution is 2.08. The summed E-state index contributed by atoms with van der Waals surface area (Å²) in [6.07, 6.45) is 0.722. The number of amides is 2. The SMILES string of the molecule is Cc1cc(NC(=O)N[C@H](CO)CC(C)C)on1. The number of anilines is 1. The van der Waals surface area contributed by atoms with Crippen LogP contribution in [0.1, 0.15) is 26.0 Å². The Bertz CT molecular complexity index is 363. The zero-order valence-electron chi connectivity index (χ0n) is 10.4. The fourth-order valence-corrected chi connectivity index (χ4v) is 1.50. The summed E-state index contributed by atoms with van der Waals surface area (Å²) in [6, 6.07) is 0.968. The van der Waals surface area contributed by atoms with Crippen molar-refractivity contribution in [3.05, 3.63) is 11.8 Å². The van der Waals surface area contributed by atoms with Crippen molar-refractivity contribution in [2.75, 3.05) is 11.9 Å². The van der Waals surface area contributed by atoms with Crippen molar-refractivity contribution in [3.63, 3.8) is 0 Å². The van der Waals surface area contributed by atoms with E-state index in [4.69, 9.17) is 9.63 Å². The van der Waals surface area contributed by atoms with Crippen LogP contribution in [0.25, 0.3) is 0 Å². The molecule has 3 N–H and O–H groups in total. The molecule has 0 aliphatic carbocycles. The lowest BCUT2D eigenvalue weighted by Crippen LogP contribution is -2.40. The third kappa shape index (κ3) is 4.86. The predicted octanol–water partition coefficient (Wildman–Crippen LogP) is 1.51. The number of hydrogen-bond donors (Lipinski definition) is 3. The van der Waals surface area contributed by atoms with E-state index in [1.54, 1.807) is 13.0 Å². The van der Waals surface area contributed by atoms with Crippen LogP contribution in [0.3, 0.4) is 0 Å². The molecule has 0 unspecified atom stereocenters. The van der Waals surface area contributed by atoms with E-state index in [0.717, 1.165) is 6.42 Å². The molecule has 1 heterocycles. The minimum atomic E-state index is -0.402. The molecule has 17 heavy (non-hydrogen) atoms. The minimum absolute atomic E-state index is 0.0823. The highest BCUT2D eigenvalue weighted by Gasteiger charge is 2.14. The van der Waals surface area contributed by atoms with Crippen LogP contribution in [0.2, 0.25) is 0 Å². The Morgan fingerprint density at radius 3 is 2.76 bits per heavy atom. The summed E-state index contributed by atoms with van der Waals surface area (Å²) in [5, 5.41) is 17.9. The summed E-state index contributed by atoms with van der Waals surface area (Å²) >= 11 is 0. The molecule has 0 radical (unpaired) electrons. The van der Waals surface area contributed by atoms with Gasteiger partial charge in [0, 0.05) is 6.07 Å². The first kappa shape index (κ1) is 13.5. The highest BCUT2D eigenvalue weighted by molar-refractivity contribution is 5.87. The zero-order valence-corrected chi connectivity index (χ0v) is 10.4. The Morgan fingerprint density at radius 2 is 2.29 bits per heavy atom. The second kappa shape index (κ2) is 6.24. The molecule has 6 heteroatoms. The van der Waals surface area contributed by atoms with Gasteiger partial charge in [-0.25, -0.2) is 4.79 Å². The number of nitrogens with one attached hydrogen (secondary N) is 2. The van der Waals surface area contributed by atoms with Gasteiger partial charge in [0.25, 0.3) is 0 Å². The van der Waals surface area contributed by atoms with Gasteiger partial charge in [-0.1, -0.05) is 19.0 Å². The number of nitrogens with zero attached hydrogens (tertiary/aromatic N) is 1. The van der Waals surface area contributed by atoms with Crippen LogP contribution in [0.15, 0.2) is 10.6 Å². The molecule has 0 spiro atoms. The lowest BCUT2D eigenvalue weighted by Gasteiger charge is -2.17. The lowest BCUT2D eigenvalue weighted by molar-refractivity contribution is 0.213. The average molecular weight is 241 g/mol. The topological polar surface area (TPSA) is 87.4 Å². The van der Waals surface area contributed by atoms with Crippen molar-refractivity contribution >= 4 is 11.9 Å². The van der Waals surface area contributed by atoms with Crippen molar-refractivity contribution in [3.8, 4) is 0 Å². The van der Waals surface area contributed by atoms with Crippen molar-refractivity contribution in [1.29, 1.82) is 0 Å². The molecule has 0 aromatic carbocycles. The number of hydrogen-bond acceptors (Lipinski definition) is 4. The molecular weight excluding hydrogens is 222 g/mol. The van der Waals surface area contributed by atoms with Gasteiger partial charge in [0.1, 0.15) is 0 Å². The molecule has 2 amide bonds. The number of aryl methyl sites for hydroxylation is 1. The quantitative estimate of drug-likeness (QED) is 0.729. The third-order valence-corrected chi connectivity index (χ3v) is 2.18. The highest BCUT2D eigenvalue weighted by atomic mass is 16.5. The minimum Gasteiger partial charge on any atom is -0.394 e. The molecule has 1 aromatic heterocycles. The van der Waals surface area contributed by atoms with E-state index in [1.165, 1.54) is 0 Å². The molecule has 1 rings (SSSR count). The number of carbonyl (C=O) groups is 1. The maximum Gasteiger partial charge on any atom is 0.321 e. The van der Waals surface area contributed by atoms with Crippen LogP contribution < -0.4 is 10.6 Å². The Morgan fingerprint density at radius 1 is 1.59 bits per heavy atom. The maximum absolute atomic E-state index is 11.6. The summed E-state index contributed by atoms with van der Waals surface area (Å²) < 4.78 is 4.85. The van der Waals surface area contributed by atoms with E-state index < -0.39 is 6.03 Å². The molecule has 0 fully saturated rings. The number of rotatable bonds is 5. The second-order valence-corrected chi connectivity index (χ2v) is 4.44. The van der Waals surface area contributed by atoms with Gasteiger partial charge in [-0.05, 0) is 19.3 Å². The van der Waals surface area contributed by atoms with Crippen molar-refractivity contribution in [2.24, 2.45) is 5.92 Å². The molecule has 96 valence electrons. The first-order chi connectivity index (χ1) is 8.01. The van der Waals surface area contributed by atoms with Gasteiger partial charge in [-0.2, -0.15) is 0 Å². The molecule has 1 aromatic rings. The van der Waals surface area contributed by atoms with Gasteiger partial charge in [0.2, 0.25) is 5.88 Å². The Hall–Kier alpha value is -1.56. The molecule has 0 aliphatic rings. The summed E-state index contributed by atoms with van der Waals surface area (Å²) in [4.78, 5) is 11.6. The van der Waals surface area contributed by atoms with Crippen LogP contribution >= 0.6 is 0 Å². The summed E-state index contributed by atoms with van der Waals surface area (Å²) in [5.41, 5.74) is 0.696. The van der Waals surface area contributed by atoms with E-state index in [2.05, 4.69) is 15.8 Å². The number of aliphatic hydroxyl groups is 1. The van der Waals surface area contributed by atoms with E-state index in [9.17, 15) is 4.79 Å². The van der Waals surface area contributed by atoms with Crippen LogP contribution in [-0.4, -0.2) is 28.9 Å². The summed E-state index contributed by atoms with van der Waals surface area (Å²) in [6.45, 7) is 5.74. The fourth-order valence-electron chi connectivity index (χ4n) is 1.50. The van der Waals surface area contributed by atoms with Crippen molar-refractivity contribution in [2.45, 2.75) is 33.2 Å². The van der Waals surface area contributed by atoms with Gasteiger partial charge in [0.05, 0.1) is 18.3 Å². The molecule has 0 saturated heterocycles. The third-order valence-electron chi connectivity index (χ3n) is 2.18. The summed E-state index contributed by atoms with van der Waals surface area (Å²) in [5.74, 6) is 0.696. The zero-order chi connectivity index (χ0) is 12.8. The Kier molecular flexibility index (Phi) is 4.96. The van der Waals surface area contributed by atoms with Gasteiger partial charge in [0.15, 0.2) is 0 Å². The number of aromatic nitrogens is 1. The Labute approximate surface area is 100 Å². The largest absolute Gasteiger partial charge is 0.394 e. The van der Waals surface area contributed by atoms with E-state index in [1.807, 2.05) is 13.8 Å². The van der Waals surface area contributed by atoms with Crippen molar-refractivity contribution in [1.82, 2.24) is 10.5 Å². The Balaban J connectivity index is 2.42. The fraction of sp³-hybridized carbons (Fsp3) is 0.636. The van der Waals surface area contributed by atoms with Crippen LogP contribution in [0, 0.1) is 12.8 Å². The predicted molar refractivity (Wildman–Crippen MR) is 63.7 cm³/mol.